The average Bonchev–Trinajstić information content (AvgIpc) is 3.89. The fraction of sp³-hybridized carbons (Fsp3) is 0.123. The summed E-state index contributed by atoms with van der Waals surface area (Å²) < 4.78 is 96.9. The first kappa shape index (κ1) is 49.1. The van der Waals surface area contributed by atoms with Crippen LogP contribution in [0, 0.1) is 17.5 Å². The van der Waals surface area contributed by atoms with E-state index in [1.807, 2.05) is 121 Å². The molecule has 0 saturated carbocycles. The summed E-state index contributed by atoms with van der Waals surface area (Å²) in [5.41, 5.74) is 6.48. The van der Waals surface area contributed by atoms with Crippen molar-refractivity contribution in [3.05, 3.63) is 238 Å². The van der Waals surface area contributed by atoms with Crippen LogP contribution in [-0.4, -0.2) is 40.7 Å². The standard InChI is InChI=1S/C29H22F3N3O2.C28H20F3N3O2/c1-19(36)37-28-25(16-20-9-4-2-5-10-20)34-27-24(17-21-11-8-14-23(15-21)29(30,31)32)33-26(18-35(27)28)22-12-6-3-7-13-22;1-17(35)36-28-24(12-18-8-4-2-5-9-18)33-27-23(14-20-13-21(29)15-22(30)26(20)31)32-25(16-34(27)28)19-10-6-3-7-11-19/h2-15,18H,16-17H2,1H3;2-11,13,15-16H,12,14H2,1H3. The topological polar surface area (TPSA) is 113 Å². The number of benzene rings is 6. The molecular formula is C57H42F6N6O4. The van der Waals surface area contributed by atoms with Gasteiger partial charge in [-0.15, -0.1) is 0 Å². The maximum absolute atomic E-state index is 14.6. The lowest BCUT2D eigenvalue weighted by Crippen LogP contribution is -2.08. The van der Waals surface area contributed by atoms with Crippen LogP contribution in [0.3, 0.4) is 0 Å². The number of nitrogens with zero attached hydrogens (tertiary/aromatic N) is 6. The van der Waals surface area contributed by atoms with Crippen LogP contribution < -0.4 is 9.47 Å². The Hall–Kier alpha value is -8.92. The van der Waals surface area contributed by atoms with Crippen molar-refractivity contribution < 1.29 is 45.4 Å². The maximum atomic E-state index is 14.6. The van der Waals surface area contributed by atoms with Gasteiger partial charge in [-0.1, -0.05) is 140 Å². The van der Waals surface area contributed by atoms with E-state index < -0.39 is 41.1 Å². The Morgan fingerprint density at radius 2 is 0.918 bits per heavy atom. The number of rotatable bonds is 12. The van der Waals surface area contributed by atoms with Gasteiger partial charge in [0.1, 0.15) is 17.2 Å². The third-order valence-corrected chi connectivity index (χ3v) is 11.5. The SMILES string of the molecule is CC(=O)Oc1c(Cc2ccccc2)nc2c(Cc3cc(F)cc(F)c3F)nc(-c3ccccc3)cn12.CC(=O)Oc1c(Cc2ccccc2)nc2c(Cc3cccc(C(F)(F)F)c3)nc(-c3ccccc3)cn12. The summed E-state index contributed by atoms with van der Waals surface area (Å²) in [6.07, 6.45) is -0.412. The van der Waals surface area contributed by atoms with Gasteiger partial charge in [0, 0.05) is 69.1 Å². The zero-order chi connectivity index (χ0) is 51.2. The van der Waals surface area contributed by atoms with E-state index in [4.69, 9.17) is 19.4 Å². The molecule has 4 heterocycles. The Balaban J connectivity index is 0.000000180. The number of carbonyl (C=O) groups is 2. The zero-order valence-corrected chi connectivity index (χ0v) is 39.1. The van der Waals surface area contributed by atoms with Gasteiger partial charge < -0.3 is 9.47 Å². The zero-order valence-electron chi connectivity index (χ0n) is 39.1. The molecule has 16 heteroatoms. The summed E-state index contributed by atoms with van der Waals surface area (Å²) in [7, 11) is 0. The van der Waals surface area contributed by atoms with Crippen LogP contribution in [0.2, 0.25) is 0 Å². The van der Waals surface area contributed by atoms with Crippen LogP contribution in [0.15, 0.2) is 170 Å². The lowest BCUT2D eigenvalue weighted by atomic mass is 10.1. The van der Waals surface area contributed by atoms with E-state index in [9.17, 15) is 35.9 Å². The number of ether oxygens (including phenoxy) is 2. The Morgan fingerprint density at radius 1 is 0.493 bits per heavy atom. The van der Waals surface area contributed by atoms with Crippen LogP contribution in [0.1, 0.15) is 64.4 Å². The number of aromatic nitrogens is 6. The molecule has 0 atom stereocenters. The first-order valence-electron chi connectivity index (χ1n) is 22.8. The third kappa shape index (κ3) is 11.5. The van der Waals surface area contributed by atoms with Crippen molar-refractivity contribution in [3.8, 4) is 34.3 Å². The number of alkyl halides is 3. The second kappa shape index (κ2) is 21.2. The molecule has 0 unspecified atom stereocenters. The van der Waals surface area contributed by atoms with E-state index in [2.05, 4.69) is 9.97 Å². The summed E-state index contributed by atoms with van der Waals surface area (Å²) in [5, 5.41) is 0. The summed E-state index contributed by atoms with van der Waals surface area (Å²) in [4.78, 5) is 42.9. The van der Waals surface area contributed by atoms with Crippen LogP contribution in [-0.2, 0) is 41.4 Å². The normalized spacial score (nSPS) is 11.3. The van der Waals surface area contributed by atoms with E-state index in [-0.39, 0.29) is 35.9 Å². The van der Waals surface area contributed by atoms with Gasteiger partial charge in [-0.25, -0.2) is 33.1 Å². The van der Waals surface area contributed by atoms with Gasteiger partial charge in [0.05, 0.1) is 28.3 Å². The van der Waals surface area contributed by atoms with Crippen LogP contribution in [0.5, 0.6) is 11.8 Å². The number of fused-ring (bicyclic) bond motifs is 2. The Bertz CT molecular complexity index is 3610. The molecule has 0 aliphatic heterocycles. The highest BCUT2D eigenvalue weighted by Gasteiger charge is 2.31. The Labute approximate surface area is 414 Å². The van der Waals surface area contributed by atoms with Crippen molar-refractivity contribution in [1.29, 1.82) is 0 Å². The number of halogens is 6. The molecule has 0 spiro atoms. The van der Waals surface area contributed by atoms with Crippen LogP contribution >= 0.6 is 0 Å². The summed E-state index contributed by atoms with van der Waals surface area (Å²) in [6, 6.07) is 44.3. The van der Waals surface area contributed by atoms with Gasteiger partial charge in [-0.2, -0.15) is 13.2 Å². The molecule has 0 radical (unpaired) electrons. The number of hydrogen-bond donors (Lipinski definition) is 0. The molecule has 0 aliphatic carbocycles. The molecule has 0 fully saturated rings. The van der Waals surface area contributed by atoms with Crippen molar-refractivity contribution in [1.82, 2.24) is 28.7 Å². The summed E-state index contributed by atoms with van der Waals surface area (Å²) in [6.45, 7) is 2.60. The fourth-order valence-electron chi connectivity index (χ4n) is 8.27. The molecular weight excluding hydrogens is 947 g/mol. The molecule has 10 nitrogen and oxygen atoms in total. The van der Waals surface area contributed by atoms with Crippen LogP contribution in [0.4, 0.5) is 26.3 Å². The van der Waals surface area contributed by atoms with Gasteiger partial charge in [-0.05, 0) is 34.4 Å². The molecule has 6 aromatic carbocycles. The Kier molecular flexibility index (Phi) is 14.3. The van der Waals surface area contributed by atoms with Gasteiger partial charge in [0.25, 0.3) is 0 Å². The van der Waals surface area contributed by atoms with Crippen molar-refractivity contribution in [2.75, 3.05) is 0 Å². The lowest BCUT2D eigenvalue weighted by molar-refractivity contribution is -0.137. The quantitative estimate of drug-likeness (QED) is 0.0676. The molecule has 10 aromatic rings. The smallest absolute Gasteiger partial charge is 0.407 e. The minimum Gasteiger partial charge on any atom is -0.407 e. The van der Waals surface area contributed by atoms with Gasteiger partial charge in [0.15, 0.2) is 22.9 Å². The molecule has 4 aromatic heterocycles. The first-order valence-corrected chi connectivity index (χ1v) is 22.8. The lowest BCUT2D eigenvalue weighted by Gasteiger charge is -2.11. The van der Waals surface area contributed by atoms with Gasteiger partial charge in [0.2, 0.25) is 11.8 Å². The van der Waals surface area contributed by atoms with Gasteiger partial charge in [-0.3, -0.25) is 18.4 Å². The van der Waals surface area contributed by atoms with Crippen molar-refractivity contribution in [3.63, 3.8) is 0 Å². The largest absolute Gasteiger partial charge is 0.416 e. The fourth-order valence-corrected chi connectivity index (χ4v) is 8.27. The van der Waals surface area contributed by atoms with E-state index in [0.29, 0.717) is 64.2 Å². The van der Waals surface area contributed by atoms with E-state index in [0.717, 1.165) is 40.5 Å². The van der Waals surface area contributed by atoms with Crippen LogP contribution in [0.25, 0.3) is 33.8 Å². The highest BCUT2D eigenvalue weighted by atomic mass is 19.4. The minimum atomic E-state index is -4.46. The average molecular weight is 989 g/mol. The summed E-state index contributed by atoms with van der Waals surface area (Å²) >= 11 is 0. The molecule has 0 bridgehead atoms. The van der Waals surface area contributed by atoms with Gasteiger partial charge >= 0.3 is 18.1 Å². The van der Waals surface area contributed by atoms with Crippen molar-refractivity contribution in [2.45, 2.75) is 45.7 Å². The minimum absolute atomic E-state index is 0.107. The molecule has 0 saturated heterocycles. The molecule has 10 rings (SSSR count). The summed E-state index contributed by atoms with van der Waals surface area (Å²) in [5.74, 6) is -3.92. The first-order chi connectivity index (χ1) is 35.2. The molecule has 366 valence electrons. The third-order valence-electron chi connectivity index (χ3n) is 11.5. The monoisotopic (exact) mass is 988 g/mol. The second-order valence-electron chi connectivity index (χ2n) is 16.9. The molecule has 73 heavy (non-hydrogen) atoms. The van der Waals surface area contributed by atoms with E-state index in [1.54, 1.807) is 27.3 Å². The van der Waals surface area contributed by atoms with Crippen molar-refractivity contribution in [2.24, 2.45) is 0 Å². The molecule has 0 amide bonds. The molecule has 0 N–H and O–H groups in total. The predicted octanol–water partition coefficient (Wildman–Crippen LogP) is 12.4. The maximum Gasteiger partial charge on any atom is 0.416 e. The highest BCUT2D eigenvalue weighted by molar-refractivity contribution is 5.72. The number of carbonyl (C=O) groups excluding carboxylic acids is 2. The second-order valence-corrected chi connectivity index (χ2v) is 16.9. The Morgan fingerprint density at radius 3 is 1.37 bits per heavy atom. The number of hydrogen-bond acceptors (Lipinski definition) is 8. The highest BCUT2D eigenvalue weighted by Crippen LogP contribution is 2.34. The number of imidazole rings is 2. The molecule has 0 aliphatic rings. The van der Waals surface area contributed by atoms with E-state index in [1.165, 1.54) is 19.9 Å². The van der Waals surface area contributed by atoms with Crippen molar-refractivity contribution >= 4 is 23.2 Å². The predicted molar refractivity (Wildman–Crippen MR) is 261 cm³/mol. The van der Waals surface area contributed by atoms with E-state index >= 15 is 0 Å². The number of esters is 2.